The second-order valence-electron chi connectivity index (χ2n) is 7.35. The van der Waals surface area contributed by atoms with Crippen molar-refractivity contribution < 1.29 is 9.59 Å². The number of hydrogen-bond donors (Lipinski definition) is 4. The SMILES string of the molecule is CNC(=O)Nc1cc(NC(=O)/C=C/c2ccc(C(C)(C)C)cc2)ccc1C=N. The predicted molar refractivity (Wildman–Crippen MR) is 115 cm³/mol. The first-order valence-corrected chi connectivity index (χ1v) is 8.96. The van der Waals surface area contributed by atoms with Crippen molar-refractivity contribution in [3.8, 4) is 0 Å². The molecular weight excluding hydrogens is 352 g/mol. The van der Waals surface area contributed by atoms with Gasteiger partial charge in [0.25, 0.3) is 0 Å². The molecule has 0 spiro atoms. The summed E-state index contributed by atoms with van der Waals surface area (Å²) in [7, 11) is 1.50. The van der Waals surface area contributed by atoms with Crippen LogP contribution in [-0.4, -0.2) is 25.2 Å². The maximum Gasteiger partial charge on any atom is 0.318 e. The predicted octanol–water partition coefficient (Wildman–Crippen LogP) is 4.38. The molecule has 0 aromatic heterocycles. The highest BCUT2D eigenvalue weighted by Gasteiger charge is 2.12. The first-order chi connectivity index (χ1) is 13.2. The third-order valence-electron chi connectivity index (χ3n) is 4.16. The largest absolute Gasteiger partial charge is 0.341 e. The Labute approximate surface area is 165 Å². The Kier molecular flexibility index (Phi) is 6.71. The lowest BCUT2D eigenvalue weighted by molar-refractivity contribution is -0.111. The summed E-state index contributed by atoms with van der Waals surface area (Å²) in [6.45, 7) is 6.47. The van der Waals surface area contributed by atoms with Crippen molar-refractivity contribution in [2.24, 2.45) is 0 Å². The van der Waals surface area contributed by atoms with Gasteiger partial charge in [-0.15, -0.1) is 0 Å². The Bertz CT molecular complexity index is 894. The van der Waals surface area contributed by atoms with Gasteiger partial charge in [0.1, 0.15) is 0 Å². The summed E-state index contributed by atoms with van der Waals surface area (Å²) in [5.41, 5.74) is 3.75. The molecule has 28 heavy (non-hydrogen) atoms. The first-order valence-electron chi connectivity index (χ1n) is 8.96. The molecule has 2 rings (SSSR count). The second-order valence-corrected chi connectivity index (χ2v) is 7.35. The van der Waals surface area contributed by atoms with Gasteiger partial charge in [-0.2, -0.15) is 0 Å². The minimum atomic E-state index is -0.398. The van der Waals surface area contributed by atoms with Crippen molar-refractivity contribution in [3.05, 3.63) is 65.2 Å². The fourth-order valence-electron chi connectivity index (χ4n) is 2.50. The van der Waals surface area contributed by atoms with Gasteiger partial charge >= 0.3 is 6.03 Å². The molecule has 0 saturated carbocycles. The van der Waals surface area contributed by atoms with Gasteiger partial charge in [-0.3, -0.25) is 4.79 Å². The molecule has 0 heterocycles. The number of hydrogen-bond acceptors (Lipinski definition) is 3. The van der Waals surface area contributed by atoms with E-state index >= 15 is 0 Å². The van der Waals surface area contributed by atoms with Crippen molar-refractivity contribution >= 4 is 35.6 Å². The van der Waals surface area contributed by atoms with E-state index in [2.05, 4.69) is 48.9 Å². The van der Waals surface area contributed by atoms with Crippen molar-refractivity contribution in [1.82, 2.24) is 5.32 Å². The molecular formula is C22H26N4O2. The maximum atomic E-state index is 12.2. The highest BCUT2D eigenvalue weighted by molar-refractivity contribution is 6.03. The van der Waals surface area contributed by atoms with Crippen LogP contribution in [0.25, 0.3) is 6.08 Å². The van der Waals surface area contributed by atoms with Crippen LogP contribution < -0.4 is 16.0 Å². The molecule has 0 aliphatic carbocycles. The summed E-state index contributed by atoms with van der Waals surface area (Å²) in [4.78, 5) is 23.7. The summed E-state index contributed by atoms with van der Waals surface area (Å²) in [5, 5.41) is 15.3. The van der Waals surface area contributed by atoms with Crippen LogP contribution in [0.2, 0.25) is 0 Å². The van der Waals surface area contributed by atoms with E-state index in [0.717, 1.165) is 11.8 Å². The molecule has 6 nitrogen and oxygen atoms in total. The highest BCUT2D eigenvalue weighted by atomic mass is 16.2. The lowest BCUT2D eigenvalue weighted by Gasteiger charge is -2.18. The lowest BCUT2D eigenvalue weighted by atomic mass is 9.87. The Balaban J connectivity index is 2.08. The first kappa shape index (κ1) is 20.9. The van der Waals surface area contributed by atoms with Crippen LogP contribution >= 0.6 is 0 Å². The van der Waals surface area contributed by atoms with E-state index in [9.17, 15) is 9.59 Å². The zero-order valence-electron chi connectivity index (χ0n) is 16.6. The van der Waals surface area contributed by atoms with Gasteiger partial charge in [-0.25, -0.2) is 4.79 Å². The van der Waals surface area contributed by atoms with Gasteiger partial charge in [0.15, 0.2) is 0 Å². The van der Waals surface area contributed by atoms with Crippen molar-refractivity contribution in [3.63, 3.8) is 0 Å². The molecule has 0 saturated heterocycles. The monoisotopic (exact) mass is 378 g/mol. The molecule has 0 aliphatic heterocycles. The number of benzene rings is 2. The van der Waals surface area contributed by atoms with E-state index in [1.807, 2.05) is 12.1 Å². The molecule has 0 atom stereocenters. The molecule has 0 fully saturated rings. The fourth-order valence-corrected chi connectivity index (χ4v) is 2.50. The summed E-state index contributed by atoms with van der Waals surface area (Å²) >= 11 is 0. The Morgan fingerprint density at radius 1 is 1.00 bits per heavy atom. The molecule has 0 unspecified atom stereocenters. The van der Waals surface area contributed by atoms with Gasteiger partial charge in [-0.05, 0) is 40.8 Å². The van der Waals surface area contributed by atoms with E-state index in [1.54, 1.807) is 24.3 Å². The molecule has 6 heteroatoms. The number of amides is 3. The minimum absolute atomic E-state index is 0.0860. The smallest absolute Gasteiger partial charge is 0.318 e. The molecule has 0 bridgehead atoms. The van der Waals surface area contributed by atoms with Crippen LogP contribution in [0.1, 0.15) is 37.5 Å². The molecule has 0 radical (unpaired) electrons. The van der Waals surface area contributed by atoms with Crippen LogP contribution in [-0.2, 0) is 10.2 Å². The second kappa shape index (κ2) is 8.99. The number of rotatable bonds is 5. The van der Waals surface area contributed by atoms with Crippen LogP contribution in [0.15, 0.2) is 48.5 Å². The average molecular weight is 378 g/mol. The third-order valence-corrected chi connectivity index (χ3v) is 4.16. The topological polar surface area (TPSA) is 94.1 Å². The van der Waals surface area contributed by atoms with E-state index < -0.39 is 6.03 Å². The summed E-state index contributed by atoms with van der Waals surface area (Å²) in [6.07, 6.45) is 4.35. The van der Waals surface area contributed by atoms with Crippen molar-refractivity contribution in [2.45, 2.75) is 26.2 Å². The number of carbonyl (C=O) groups is 2. The third kappa shape index (κ3) is 5.81. The lowest BCUT2D eigenvalue weighted by Crippen LogP contribution is -2.25. The Morgan fingerprint density at radius 3 is 2.25 bits per heavy atom. The van der Waals surface area contributed by atoms with E-state index in [0.29, 0.717) is 16.9 Å². The van der Waals surface area contributed by atoms with E-state index in [1.165, 1.54) is 18.7 Å². The zero-order chi connectivity index (χ0) is 20.7. The summed E-state index contributed by atoms with van der Waals surface area (Å²) in [5.74, 6) is -0.284. The van der Waals surface area contributed by atoms with Crippen molar-refractivity contribution in [1.29, 1.82) is 5.41 Å². The number of urea groups is 1. The molecule has 3 amide bonds. The molecule has 2 aromatic rings. The van der Waals surface area contributed by atoms with Crippen LogP contribution in [0.5, 0.6) is 0 Å². The van der Waals surface area contributed by atoms with Gasteiger partial charge in [0.2, 0.25) is 5.91 Å². The van der Waals surface area contributed by atoms with Gasteiger partial charge in [0, 0.05) is 30.6 Å². The van der Waals surface area contributed by atoms with Crippen molar-refractivity contribution in [2.75, 3.05) is 17.7 Å². The Hall–Kier alpha value is -3.41. The fraction of sp³-hybridized carbons (Fsp3) is 0.227. The highest BCUT2D eigenvalue weighted by Crippen LogP contribution is 2.23. The molecule has 2 aromatic carbocycles. The van der Waals surface area contributed by atoms with Gasteiger partial charge in [-0.1, -0.05) is 45.0 Å². The van der Waals surface area contributed by atoms with Crippen LogP contribution in [0.3, 0.4) is 0 Å². The summed E-state index contributed by atoms with van der Waals surface area (Å²) < 4.78 is 0. The quantitative estimate of drug-likeness (QED) is 0.459. The van der Waals surface area contributed by atoms with Crippen LogP contribution in [0.4, 0.5) is 16.2 Å². The molecule has 146 valence electrons. The van der Waals surface area contributed by atoms with Crippen LogP contribution in [0, 0.1) is 5.41 Å². The maximum absolute atomic E-state index is 12.2. The van der Waals surface area contributed by atoms with E-state index in [4.69, 9.17) is 5.41 Å². The summed E-state index contributed by atoms with van der Waals surface area (Å²) in [6, 6.07) is 12.6. The number of nitrogens with one attached hydrogen (secondary N) is 4. The normalized spacial score (nSPS) is 11.1. The molecule has 0 aliphatic rings. The zero-order valence-corrected chi connectivity index (χ0v) is 16.6. The Morgan fingerprint density at radius 2 is 1.68 bits per heavy atom. The average Bonchev–Trinajstić information content (AvgIpc) is 2.66. The number of anilines is 2. The van der Waals surface area contributed by atoms with Gasteiger partial charge in [0.05, 0.1) is 5.69 Å². The van der Waals surface area contributed by atoms with E-state index in [-0.39, 0.29) is 11.3 Å². The number of carbonyl (C=O) groups excluding carboxylic acids is 2. The molecule has 4 N–H and O–H groups in total. The standard InChI is InChI=1S/C22H26N4O2/c1-22(2,3)17-9-5-15(6-10-17)7-12-20(27)25-18-11-8-16(14-23)19(13-18)26-21(28)24-4/h5-14,23H,1-4H3,(H,25,27)(H2,24,26,28)/b12-7+,23-14?. The minimum Gasteiger partial charge on any atom is -0.341 e. The van der Waals surface area contributed by atoms with Gasteiger partial charge < -0.3 is 21.4 Å².